The number of hydrogen-bond acceptors (Lipinski definition) is 4. The standard InChI is InChI=1S/C17H23N3O3/c1-23-12-6-4-5-11(9-12)18-16(21)10-15-17(22)20-14-8-3-2-7-13(14)19-15/h4-6,9,13-15,19H,2-3,7-8,10H2,1H3,(H,18,21)(H,20,22)/t13-,14-,15+/m0/s1. The SMILES string of the molecule is COc1cccc(NC(=O)C[C@H]2N[C@H]3CCCC[C@@H]3NC2=O)c1. The molecule has 1 aromatic carbocycles. The first-order valence-corrected chi connectivity index (χ1v) is 8.16. The van der Waals surface area contributed by atoms with Gasteiger partial charge in [0, 0.05) is 23.8 Å². The van der Waals surface area contributed by atoms with E-state index in [9.17, 15) is 9.59 Å². The molecule has 0 spiro atoms. The van der Waals surface area contributed by atoms with E-state index in [0.717, 1.165) is 19.3 Å². The third-order valence-corrected chi connectivity index (χ3v) is 4.57. The Kier molecular flexibility index (Phi) is 4.81. The Morgan fingerprint density at radius 2 is 2.09 bits per heavy atom. The topological polar surface area (TPSA) is 79.5 Å². The quantitative estimate of drug-likeness (QED) is 0.785. The summed E-state index contributed by atoms with van der Waals surface area (Å²) in [5, 5.41) is 9.22. The van der Waals surface area contributed by atoms with Crippen LogP contribution in [-0.2, 0) is 9.59 Å². The minimum absolute atomic E-state index is 0.0751. The lowest BCUT2D eigenvalue weighted by molar-refractivity contribution is -0.129. The predicted molar refractivity (Wildman–Crippen MR) is 87.4 cm³/mol. The van der Waals surface area contributed by atoms with Crippen molar-refractivity contribution in [3.8, 4) is 5.75 Å². The third kappa shape index (κ3) is 3.82. The van der Waals surface area contributed by atoms with Gasteiger partial charge in [0.2, 0.25) is 11.8 Å². The first-order chi connectivity index (χ1) is 11.2. The van der Waals surface area contributed by atoms with Gasteiger partial charge in [-0.15, -0.1) is 0 Å². The molecule has 1 saturated carbocycles. The number of ether oxygens (including phenoxy) is 1. The van der Waals surface area contributed by atoms with Gasteiger partial charge in [-0.1, -0.05) is 18.9 Å². The Hall–Kier alpha value is -2.08. The summed E-state index contributed by atoms with van der Waals surface area (Å²) in [6, 6.07) is 7.22. The lowest BCUT2D eigenvalue weighted by atomic mass is 9.87. The summed E-state index contributed by atoms with van der Waals surface area (Å²) in [6.07, 6.45) is 4.54. The van der Waals surface area contributed by atoms with E-state index in [1.54, 1.807) is 19.2 Å². The van der Waals surface area contributed by atoms with Gasteiger partial charge < -0.3 is 20.7 Å². The molecule has 1 aromatic rings. The van der Waals surface area contributed by atoms with Gasteiger partial charge in [0.25, 0.3) is 0 Å². The van der Waals surface area contributed by atoms with Crippen molar-refractivity contribution < 1.29 is 14.3 Å². The lowest BCUT2D eigenvalue weighted by Gasteiger charge is -2.40. The molecule has 1 heterocycles. The van der Waals surface area contributed by atoms with E-state index in [1.165, 1.54) is 6.42 Å². The lowest BCUT2D eigenvalue weighted by Crippen LogP contribution is -2.65. The van der Waals surface area contributed by atoms with Crippen LogP contribution in [0.1, 0.15) is 32.1 Å². The number of piperazine rings is 1. The highest BCUT2D eigenvalue weighted by molar-refractivity contribution is 5.95. The second-order valence-corrected chi connectivity index (χ2v) is 6.21. The molecule has 6 heteroatoms. The molecule has 3 N–H and O–H groups in total. The number of nitrogens with one attached hydrogen (secondary N) is 3. The molecule has 0 unspecified atom stereocenters. The van der Waals surface area contributed by atoms with E-state index >= 15 is 0 Å². The average Bonchev–Trinajstić information content (AvgIpc) is 2.55. The Morgan fingerprint density at radius 3 is 2.87 bits per heavy atom. The van der Waals surface area contributed by atoms with Crippen molar-refractivity contribution in [2.24, 2.45) is 0 Å². The number of benzene rings is 1. The molecule has 2 aliphatic rings. The molecule has 1 aliphatic carbocycles. The van der Waals surface area contributed by atoms with E-state index in [2.05, 4.69) is 16.0 Å². The zero-order valence-electron chi connectivity index (χ0n) is 13.3. The van der Waals surface area contributed by atoms with Crippen LogP contribution in [-0.4, -0.2) is 37.0 Å². The molecule has 3 atom stereocenters. The van der Waals surface area contributed by atoms with Crippen molar-refractivity contribution in [3.63, 3.8) is 0 Å². The fourth-order valence-electron chi connectivity index (χ4n) is 3.37. The zero-order valence-corrected chi connectivity index (χ0v) is 13.3. The Bertz CT molecular complexity index is 590. The predicted octanol–water partition coefficient (Wildman–Crippen LogP) is 1.42. The molecular weight excluding hydrogens is 294 g/mol. The first-order valence-electron chi connectivity index (χ1n) is 8.16. The number of amides is 2. The molecule has 124 valence electrons. The molecule has 0 radical (unpaired) electrons. The Morgan fingerprint density at radius 1 is 1.30 bits per heavy atom. The smallest absolute Gasteiger partial charge is 0.237 e. The normalized spacial score (nSPS) is 26.8. The van der Waals surface area contributed by atoms with E-state index < -0.39 is 6.04 Å². The van der Waals surface area contributed by atoms with Crippen LogP contribution in [0.2, 0.25) is 0 Å². The number of rotatable bonds is 4. The van der Waals surface area contributed by atoms with E-state index in [1.807, 2.05) is 12.1 Å². The molecule has 23 heavy (non-hydrogen) atoms. The van der Waals surface area contributed by atoms with Gasteiger partial charge in [-0.3, -0.25) is 9.59 Å². The molecule has 0 bridgehead atoms. The zero-order chi connectivity index (χ0) is 16.2. The highest BCUT2D eigenvalue weighted by Gasteiger charge is 2.36. The van der Waals surface area contributed by atoms with E-state index in [-0.39, 0.29) is 30.3 Å². The second-order valence-electron chi connectivity index (χ2n) is 6.21. The van der Waals surface area contributed by atoms with Gasteiger partial charge in [0.15, 0.2) is 0 Å². The highest BCUT2D eigenvalue weighted by atomic mass is 16.5. The fraction of sp³-hybridized carbons (Fsp3) is 0.529. The van der Waals surface area contributed by atoms with Crippen LogP contribution >= 0.6 is 0 Å². The van der Waals surface area contributed by atoms with Crippen LogP contribution in [0.4, 0.5) is 5.69 Å². The van der Waals surface area contributed by atoms with Crippen LogP contribution in [0.3, 0.4) is 0 Å². The van der Waals surface area contributed by atoms with E-state index in [4.69, 9.17) is 4.74 Å². The molecule has 1 saturated heterocycles. The minimum Gasteiger partial charge on any atom is -0.497 e. The minimum atomic E-state index is -0.458. The number of carbonyl (C=O) groups excluding carboxylic acids is 2. The van der Waals surface area contributed by atoms with Crippen LogP contribution in [0.5, 0.6) is 5.75 Å². The van der Waals surface area contributed by atoms with Crippen molar-refractivity contribution >= 4 is 17.5 Å². The summed E-state index contributed by atoms with van der Waals surface area (Å²) in [6.45, 7) is 0. The number of hydrogen-bond donors (Lipinski definition) is 3. The summed E-state index contributed by atoms with van der Waals surface area (Å²) in [7, 11) is 1.58. The van der Waals surface area contributed by atoms with Gasteiger partial charge in [-0.2, -0.15) is 0 Å². The van der Waals surface area contributed by atoms with Crippen molar-refractivity contribution in [1.29, 1.82) is 0 Å². The van der Waals surface area contributed by atoms with Gasteiger partial charge in [-0.25, -0.2) is 0 Å². The maximum absolute atomic E-state index is 12.2. The molecule has 0 aromatic heterocycles. The summed E-state index contributed by atoms with van der Waals surface area (Å²) in [5.41, 5.74) is 0.668. The molecule has 2 amide bonds. The highest BCUT2D eigenvalue weighted by Crippen LogP contribution is 2.22. The first kappa shape index (κ1) is 15.8. The molecule has 2 fully saturated rings. The molecule has 3 rings (SSSR count). The number of anilines is 1. The van der Waals surface area contributed by atoms with E-state index in [0.29, 0.717) is 11.4 Å². The number of methoxy groups -OCH3 is 1. The molecular formula is C17H23N3O3. The van der Waals surface area contributed by atoms with Gasteiger partial charge in [0.05, 0.1) is 19.6 Å². The summed E-state index contributed by atoms with van der Waals surface area (Å²) < 4.78 is 5.13. The summed E-state index contributed by atoms with van der Waals surface area (Å²) >= 11 is 0. The third-order valence-electron chi connectivity index (χ3n) is 4.57. The maximum Gasteiger partial charge on any atom is 0.237 e. The van der Waals surface area contributed by atoms with Gasteiger partial charge in [-0.05, 0) is 25.0 Å². The summed E-state index contributed by atoms with van der Waals surface area (Å²) in [4.78, 5) is 24.4. The largest absolute Gasteiger partial charge is 0.497 e. The Balaban J connectivity index is 1.57. The molecule has 1 aliphatic heterocycles. The Labute approximate surface area is 136 Å². The van der Waals surface area contributed by atoms with Gasteiger partial charge >= 0.3 is 0 Å². The van der Waals surface area contributed by atoms with Crippen molar-refractivity contribution in [2.75, 3.05) is 12.4 Å². The van der Waals surface area contributed by atoms with Crippen LogP contribution in [0.15, 0.2) is 24.3 Å². The number of fused-ring (bicyclic) bond motifs is 1. The average molecular weight is 317 g/mol. The fourth-order valence-corrected chi connectivity index (χ4v) is 3.37. The van der Waals surface area contributed by atoms with Crippen LogP contribution in [0.25, 0.3) is 0 Å². The maximum atomic E-state index is 12.2. The molecule has 6 nitrogen and oxygen atoms in total. The number of carbonyl (C=O) groups is 2. The van der Waals surface area contributed by atoms with Crippen LogP contribution < -0.4 is 20.7 Å². The van der Waals surface area contributed by atoms with Crippen molar-refractivity contribution in [3.05, 3.63) is 24.3 Å². The van der Waals surface area contributed by atoms with Gasteiger partial charge in [0.1, 0.15) is 5.75 Å². The van der Waals surface area contributed by atoms with Crippen molar-refractivity contribution in [1.82, 2.24) is 10.6 Å². The summed E-state index contributed by atoms with van der Waals surface area (Å²) in [5.74, 6) is 0.426. The monoisotopic (exact) mass is 317 g/mol. The second kappa shape index (κ2) is 7.00. The van der Waals surface area contributed by atoms with Crippen LogP contribution in [0, 0.1) is 0 Å². The van der Waals surface area contributed by atoms with Crippen molar-refractivity contribution in [2.45, 2.75) is 50.2 Å².